The topological polar surface area (TPSA) is 92.3 Å². The van der Waals surface area contributed by atoms with Gasteiger partial charge in [-0.05, 0) is 25.1 Å². The first-order valence-electron chi connectivity index (χ1n) is 7.22. The van der Waals surface area contributed by atoms with Crippen LogP contribution < -0.4 is 5.32 Å². The summed E-state index contributed by atoms with van der Waals surface area (Å²) in [5.41, 5.74) is 2.80. The van der Waals surface area contributed by atoms with Crippen molar-refractivity contribution >= 4 is 22.7 Å². The maximum absolute atomic E-state index is 13.9. The van der Waals surface area contributed by atoms with Gasteiger partial charge in [0.05, 0.1) is 18.2 Å². The number of hydrogen-bond acceptors (Lipinski definition) is 6. The van der Waals surface area contributed by atoms with Gasteiger partial charge in [0.2, 0.25) is 0 Å². The van der Waals surface area contributed by atoms with Crippen LogP contribution in [0, 0.1) is 12.7 Å². The molecular formula is C16H12FN7. The third kappa shape index (κ3) is 2.54. The Kier molecular flexibility index (Phi) is 3.34. The largest absolute Gasteiger partial charge is 0.336 e. The molecule has 4 heterocycles. The van der Waals surface area contributed by atoms with Crippen LogP contribution in [0.4, 0.5) is 15.9 Å². The quantitative estimate of drug-likeness (QED) is 0.602. The predicted octanol–water partition coefficient (Wildman–Crippen LogP) is 3.00. The molecule has 0 saturated carbocycles. The second-order valence-corrected chi connectivity index (χ2v) is 5.14. The molecule has 0 atom stereocenters. The zero-order valence-corrected chi connectivity index (χ0v) is 12.7. The molecule has 0 bridgehead atoms. The fraction of sp³-hybridized carbons (Fsp3) is 0.0625. The van der Waals surface area contributed by atoms with Gasteiger partial charge < -0.3 is 10.3 Å². The van der Waals surface area contributed by atoms with Gasteiger partial charge in [-0.3, -0.25) is 4.98 Å². The van der Waals surface area contributed by atoms with Gasteiger partial charge in [-0.15, -0.1) is 0 Å². The minimum Gasteiger partial charge on any atom is -0.336 e. The van der Waals surface area contributed by atoms with Crippen molar-refractivity contribution in [1.82, 2.24) is 29.9 Å². The van der Waals surface area contributed by atoms with E-state index in [0.29, 0.717) is 28.5 Å². The van der Waals surface area contributed by atoms with Crippen LogP contribution in [-0.4, -0.2) is 29.9 Å². The molecule has 8 heteroatoms. The Labute approximate surface area is 136 Å². The molecule has 0 aliphatic carbocycles. The van der Waals surface area contributed by atoms with Crippen molar-refractivity contribution in [2.24, 2.45) is 0 Å². The molecule has 24 heavy (non-hydrogen) atoms. The maximum atomic E-state index is 13.9. The van der Waals surface area contributed by atoms with E-state index >= 15 is 0 Å². The lowest BCUT2D eigenvalue weighted by molar-refractivity contribution is 0.625. The maximum Gasteiger partial charge on any atom is 0.182 e. The predicted molar refractivity (Wildman–Crippen MR) is 87.1 cm³/mol. The van der Waals surface area contributed by atoms with E-state index in [1.165, 1.54) is 18.6 Å². The number of aromatic nitrogens is 6. The van der Waals surface area contributed by atoms with Gasteiger partial charge in [-0.2, -0.15) is 0 Å². The molecule has 4 rings (SSSR count). The molecular weight excluding hydrogens is 309 g/mol. The Hall–Kier alpha value is -3.42. The standard InChI is InChI=1S/C16H12FN7/c1-9-3-2-4-12(21-9)14-23-15-13(19-8-20-15)16(24-14)22-11-5-6-18-7-10(11)17/h2-8H,1H3,(H2,18,19,20,22,23,24). The third-order valence-corrected chi connectivity index (χ3v) is 3.42. The summed E-state index contributed by atoms with van der Waals surface area (Å²) in [6, 6.07) is 7.12. The average Bonchev–Trinajstić information content (AvgIpc) is 3.06. The van der Waals surface area contributed by atoms with Gasteiger partial charge in [0.15, 0.2) is 28.6 Å². The van der Waals surface area contributed by atoms with Crippen molar-refractivity contribution in [3.8, 4) is 11.5 Å². The first-order valence-corrected chi connectivity index (χ1v) is 7.22. The molecule has 0 spiro atoms. The molecule has 0 aromatic carbocycles. The summed E-state index contributed by atoms with van der Waals surface area (Å²) in [5, 5.41) is 2.95. The highest BCUT2D eigenvalue weighted by Gasteiger charge is 2.14. The zero-order valence-electron chi connectivity index (χ0n) is 12.7. The Morgan fingerprint density at radius 3 is 2.88 bits per heavy atom. The van der Waals surface area contributed by atoms with E-state index in [1.54, 1.807) is 0 Å². The van der Waals surface area contributed by atoms with Crippen molar-refractivity contribution in [3.63, 3.8) is 0 Å². The summed E-state index contributed by atoms with van der Waals surface area (Å²) >= 11 is 0. The molecule has 0 unspecified atom stereocenters. The highest BCUT2D eigenvalue weighted by atomic mass is 19.1. The molecule has 0 fully saturated rings. The van der Waals surface area contributed by atoms with E-state index in [1.807, 2.05) is 25.1 Å². The van der Waals surface area contributed by atoms with Gasteiger partial charge in [-0.25, -0.2) is 24.3 Å². The van der Waals surface area contributed by atoms with Crippen LogP contribution in [0.1, 0.15) is 5.69 Å². The van der Waals surface area contributed by atoms with Gasteiger partial charge in [0.1, 0.15) is 5.69 Å². The summed E-state index contributed by atoms with van der Waals surface area (Å²) < 4.78 is 13.9. The highest BCUT2D eigenvalue weighted by molar-refractivity contribution is 5.86. The number of fused-ring (bicyclic) bond motifs is 1. The summed E-state index contributed by atoms with van der Waals surface area (Å²) in [7, 11) is 0. The van der Waals surface area contributed by atoms with E-state index in [4.69, 9.17) is 0 Å². The average molecular weight is 321 g/mol. The Bertz CT molecular complexity index is 1030. The van der Waals surface area contributed by atoms with E-state index in [0.717, 1.165) is 11.9 Å². The number of anilines is 2. The molecule has 0 amide bonds. The minimum absolute atomic E-state index is 0.260. The number of imidazole rings is 1. The SMILES string of the molecule is Cc1cccc(-c2nc(Nc3ccncc3F)c3nc[nH]c3n2)n1. The van der Waals surface area contributed by atoms with Gasteiger partial charge >= 0.3 is 0 Å². The number of aryl methyl sites for hydroxylation is 1. The summed E-state index contributed by atoms with van der Waals surface area (Å²) in [4.78, 5) is 24.2. The monoisotopic (exact) mass is 321 g/mol. The number of hydrogen-bond donors (Lipinski definition) is 2. The molecule has 0 aliphatic rings. The van der Waals surface area contributed by atoms with Crippen molar-refractivity contribution in [1.29, 1.82) is 0 Å². The fourth-order valence-electron chi connectivity index (χ4n) is 2.31. The number of H-pyrrole nitrogens is 1. The van der Waals surface area contributed by atoms with Crippen molar-refractivity contribution < 1.29 is 4.39 Å². The summed E-state index contributed by atoms with van der Waals surface area (Å²) in [6.07, 6.45) is 4.15. The Morgan fingerprint density at radius 2 is 2.04 bits per heavy atom. The van der Waals surface area contributed by atoms with E-state index in [9.17, 15) is 4.39 Å². The Morgan fingerprint density at radius 1 is 1.12 bits per heavy atom. The van der Waals surface area contributed by atoms with Crippen molar-refractivity contribution in [2.45, 2.75) is 6.92 Å². The van der Waals surface area contributed by atoms with Crippen LogP contribution in [0.25, 0.3) is 22.7 Å². The fourth-order valence-corrected chi connectivity index (χ4v) is 2.31. The molecule has 118 valence electrons. The second kappa shape index (κ2) is 5.65. The van der Waals surface area contributed by atoms with E-state index in [2.05, 4.69) is 35.2 Å². The number of rotatable bonds is 3. The van der Waals surface area contributed by atoms with Gasteiger partial charge in [0.25, 0.3) is 0 Å². The third-order valence-electron chi connectivity index (χ3n) is 3.42. The minimum atomic E-state index is -0.477. The van der Waals surface area contributed by atoms with E-state index in [-0.39, 0.29) is 5.69 Å². The zero-order chi connectivity index (χ0) is 16.5. The molecule has 4 aromatic heterocycles. The van der Waals surface area contributed by atoms with Gasteiger partial charge in [0, 0.05) is 11.9 Å². The lowest BCUT2D eigenvalue weighted by Crippen LogP contribution is -2.02. The van der Waals surface area contributed by atoms with Crippen molar-refractivity contribution in [2.75, 3.05) is 5.32 Å². The summed E-state index contributed by atoms with van der Waals surface area (Å²) in [6.45, 7) is 1.89. The first-order chi connectivity index (χ1) is 11.7. The molecule has 2 N–H and O–H groups in total. The number of aromatic amines is 1. The number of nitrogens with zero attached hydrogens (tertiary/aromatic N) is 5. The van der Waals surface area contributed by atoms with Crippen LogP contribution in [-0.2, 0) is 0 Å². The summed E-state index contributed by atoms with van der Waals surface area (Å²) in [5.74, 6) is 0.340. The molecule has 0 saturated heterocycles. The van der Waals surface area contributed by atoms with Crippen LogP contribution in [0.2, 0.25) is 0 Å². The van der Waals surface area contributed by atoms with Crippen molar-refractivity contribution in [3.05, 3.63) is 54.5 Å². The van der Waals surface area contributed by atoms with Crippen LogP contribution >= 0.6 is 0 Å². The Balaban J connectivity index is 1.85. The van der Waals surface area contributed by atoms with Gasteiger partial charge in [-0.1, -0.05) is 6.07 Å². The normalized spacial score (nSPS) is 10.9. The van der Waals surface area contributed by atoms with Crippen LogP contribution in [0.3, 0.4) is 0 Å². The first kappa shape index (κ1) is 14.2. The molecule has 4 aromatic rings. The van der Waals surface area contributed by atoms with E-state index < -0.39 is 5.82 Å². The highest BCUT2D eigenvalue weighted by Crippen LogP contribution is 2.25. The number of pyridine rings is 2. The smallest absolute Gasteiger partial charge is 0.182 e. The molecule has 0 radical (unpaired) electrons. The number of halogens is 1. The van der Waals surface area contributed by atoms with Crippen LogP contribution in [0.15, 0.2) is 43.0 Å². The molecule has 0 aliphatic heterocycles. The number of nitrogens with one attached hydrogen (secondary N) is 2. The lowest BCUT2D eigenvalue weighted by Gasteiger charge is -2.08. The second-order valence-electron chi connectivity index (χ2n) is 5.14. The lowest BCUT2D eigenvalue weighted by atomic mass is 10.3. The molecule has 7 nitrogen and oxygen atoms in total. The van der Waals surface area contributed by atoms with Crippen LogP contribution in [0.5, 0.6) is 0 Å².